The number of esters is 1. The van der Waals surface area contributed by atoms with Gasteiger partial charge in [-0.2, -0.15) is 0 Å². The van der Waals surface area contributed by atoms with Gasteiger partial charge >= 0.3 is 5.97 Å². The first-order valence-electron chi connectivity index (χ1n) is 7.17. The van der Waals surface area contributed by atoms with Gasteiger partial charge in [0, 0.05) is 12.1 Å². The summed E-state index contributed by atoms with van der Waals surface area (Å²) in [5.74, 6) is -1.82. The lowest BCUT2D eigenvalue weighted by atomic mass is 10.1. The zero-order valence-electron chi connectivity index (χ0n) is 12.7. The largest absolute Gasteiger partial charge is 0.456 e. The number of sulfone groups is 1. The van der Waals surface area contributed by atoms with Crippen LogP contribution in [0.4, 0.5) is 10.1 Å². The number of ether oxygens (including phenoxy) is 1. The summed E-state index contributed by atoms with van der Waals surface area (Å²) in [6.07, 6.45) is 0.415. The minimum Gasteiger partial charge on any atom is -0.456 e. The molecule has 0 spiro atoms. The number of rotatable bonds is 5. The topological polar surface area (TPSA) is 89.5 Å². The molecule has 23 heavy (non-hydrogen) atoms. The molecule has 1 saturated heterocycles. The van der Waals surface area contributed by atoms with E-state index in [2.05, 4.69) is 5.32 Å². The van der Waals surface area contributed by atoms with Crippen molar-refractivity contribution in [3.05, 3.63) is 29.6 Å². The van der Waals surface area contributed by atoms with E-state index < -0.39 is 34.1 Å². The average Bonchev–Trinajstić information content (AvgIpc) is 2.80. The zero-order chi connectivity index (χ0) is 17.0. The molecule has 6 nitrogen and oxygen atoms in total. The van der Waals surface area contributed by atoms with Crippen molar-refractivity contribution < 1.29 is 27.1 Å². The second-order valence-electron chi connectivity index (χ2n) is 5.65. The van der Waals surface area contributed by atoms with Crippen LogP contribution in [0, 0.1) is 18.7 Å². The molecule has 1 heterocycles. The monoisotopic (exact) mass is 343 g/mol. The van der Waals surface area contributed by atoms with Gasteiger partial charge in [0.15, 0.2) is 16.4 Å². The summed E-state index contributed by atoms with van der Waals surface area (Å²) in [4.78, 5) is 23.3. The molecule has 1 N–H and O–H groups in total. The molecule has 1 aliphatic heterocycles. The van der Waals surface area contributed by atoms with E-state index in [0.717, 1.165) is 0 Å². The molecule has 126 valence electrons. The van der Waals surface area contributed by atoms with Crippen molar-refractivity contribution in [1.82, 2.24) is 0 Å². The van der Waals surface area contributed by atoms with Crippen LogP contribution in [0.3, 0.4) is 0 Å². The number of aryl methyl sites for hydroxylation is 1. The van der Waals surface area contributed by atoms with Crippen LogP contribution in [0.15, 0.2) is 18.2 Å². The Morgan fingerprint density at radius 2 is 2.13 bits per heavy atom. The number of anilines is 1. The minimum atomic E-state index is -3.04. The lowest BCUT2D eigenvalue weighted by Gasteiger charge is -2.09. The molecule has 1 atom stereocenters. The molecule has 1 aromatic carbocycles. The van der Waals surface area contributed by atoms with Gasteiger partial charge in [-0.25, -0.2) is 12.8 Å². The van der Waals surface area contributed by atoms with Crippen molar-refractivity contribution in [1.29, 1.82) is 0 Å². The summed E-state index contributed by atoms with van der Waals surface area (Å²) >= 11 is 0. The van der Waals surface area contributed by atoms with Crippen molar-refractivity contribution in [2.45, 2.75) is 19.8 Å². The molecule has 2 rings (SSSR count). The van der Waals surface area contributed by atoms with Gasteiger partial charge in [-0.15, -0.1) is 0 Å². The maximum Gasteiger partial charge on any atom is 0.306 e. The fraction of sp³-hybridized carbons (Fsp3) is 0.467. The second-order valence-corrected chi connectivity index (χ2v) is 7.87. The van der Waals surface area contributed by atoms with Gasteiger partial charge in [-0.3, -0.25) is 9.59 Å². The Labute approximate surface area is 133 Å². The zero-order valence-corrected chi connectivity index (χ0v) is 13.5. The molecule has 0 saturated carbocycles. The highest BCUT2D eigenvalue weighted by Gasteiger charge is 2.29. The maximum absolute atomic E-state index is 13.3. The van der Waals surface area contributed by atoms with E-state index in [1.807, 2.05) is 0 Å². The van der Waals surface area contributed by atoms with Crippen LogP contribution < -0.4 is 5.32 Å². The minimum absolute atomic E-state index is 0.0169. The van der Waals surface area contributed by atoms with Crippen LogP contribution in [0.5, 0.6) is 0 Å². The van der Waals surface area contributed by atoms with Gasteiger partial charge in [0.05, 0.1) is 11.5 Å². The summed E-state index contributed by atoms with van der Waals surface area (Å²) in [6, 6.07) is 4.25. The number of carbonyl (C=O) groups excluding carboxylic acids is 2. The van der Waals surface area contributed by atoms with Crippen molar-refractivity contribution >= 4 is 27.4 Å². The Morgan fingerprint density at radius 3 is 2.74 bits per heavy atom. The summed E-state index contributed by atoms with van der Waals surface area (Å²) in [6.45, 7) is 1.11. The molecule has 0 radical (unpaired) electrons. The van der Waals surface area contributed by atoms with E-state index in [9.17, 15) is 22.4 Å². The standard InChI is InChI=1S/C15H18FNO5S/c1-10-2-3-12(7-13(10)16)17-14(18)8-22-15(19)6-11-4-5-23(20,21)9-11/h2-3,7,11H,4-6,8-9H2,1H3,(H,17,18)/t11-/m1/s1. The van der Waals surface area contributed by atoms with E-state index >= 15 is 0 Å². The Kier molecular flexibility index (Phi) is 5.35. The highest BCUT2D eigenvalue weighted by Crippen LogP contribution is 2.21. The highest BCUT2D eigenvalue weighted by atomic mass is 32.2. The molecule has 1 aliphatic rings. The summed E-state index contributed by atoms with van der Waals surface area (Å²) in [5.41, 5.74) is 0.733. The van der Waals surface area contributed by atoms with Crippen LogP contribution in [-0.2, 0) is 24.2 Å². The molecule has 1 amide bonds. The lowest BCUT2D eigenvalue weighted by molar-refractivity contribution is -0.148. The van der Waals surface area contributed by atoms with Gasteiger partial charge in [-0.1, -0.05) is 6.07 Å². The molecule has 0 unspecified atom stereocenters. The Balaban J connectivity index is 1.75. The van der Waals surface area contributed by atoms with Crippen LogP contribution in [0.1, 0.15) is 18.4 Å². The normalized spacial score (nSPS) is 19.3. The molecule has 1 fully saturated rings. The Bertz CT molecular complexity index is 717. The first-order valence-corrected chi connectivity index (χ1v) is 8.99. The maximum atomic E-state index is 13.3. The quantitative estimate of drug-likeness (QED) is 0.817. The molecule has 1 aromatic rings. The van der Waals surface area contributed by atoms with E-state index in [1.54, 1.807) is 13.0 Å². The molecule has 0 aliphatic carbocycles. The van der Waals surface area contributed by atoms with Crippen molar-refractivity contribution in [2.75, 3.05) is 23.4 Å². The number of nitrogens with one attached hydrogen (secondary N) is 1. The third kappa shape index (κ3) is 5.31. The van der Waals surface area contributed by atoms with Crippen LogP contribution >= 0.6 is 0 Å². The average molecular weight is 343 g/mol. The number of amides is 1. The molecular weight excluding hydrogens is 325 g/mol. The number of carbonyl (C=O) groups is 2. The molecule has 0 aromatic heterocycles. The summed E-state index contributed by atoms with van der Waals surface area (Å²) < 4.78 is 40.8. The fourth-order valence-electron chi connectivity index (χ4n) is 2.34. The molecule has 0 bridgehead atoms. The first-order chi connectivity index (χ1) is 10.7. The van der Waals surface area contributed by atoms with Gasteiger partial charge in [0.25, 0.3) is 5.91 Å². The highest BCUT2D eigenvalue weighted by molar-refractivity contribution is 7.91. The van der Waals surface area contributed by atoms with Crippen molar-refractivity contribution in [3.63, 3.8) is 0 Å². The van der Waals surface area contributed by atoms with Crippen LogP contribution in [-0.4, -0.2) is 38.4 Å². The Hall–Kier alpha value is -1.96. The van der Waals surface area contributed by atoms with E-state index in [0.29, 0.717) is 12.0 Å². The van der Waals surface area contributed by atoms with E-state index in [1.165, 1.54) is 12.1 Å². The second kappa shape index (κ2) is 7.08. The van der Waals surface area contributed by atoms with Crippen LogP contribution in [0.25, 0.3) is 0 Å². The lowest BCUT2D eigenvalue weighted by Crippen LogP contribution is -2.22. The fourth-order valence-corrected chi connectivity index (χ4v) is 4.20. The SMILES string of the molecule is Cc1ccc(NC(=O)COC(=O)C[C@H]2CCS(=O)(=O)C2)cc1F. The summed E-state index contributed by atoms with van der Waals surface area (Å²) in [5, 5.41) is 2.42. The van der Waals surface area contributed by atoms with Crippen molar-refractivity contribution in [2.24, 2.45) is 5.92 Å². The van der Waals surface area contributed by atoms with E-state index in [4.69, 9.17) is 4.74 Å². The van der Waals surface area contributed by atoms with Crippen LogP contribution in [0.2, 0.25) is 0 Å². The molecular formula is C15H18FNO5S. The Morgan fingerprint density at radius 1 is 1.39 bits per heavy atom. The predicted octanol–water partition coefficient (Wildman–Crippen LogP) is 1.44. The number of hydrogen-bond donors (Lipinski definition) is 1. The van der Waals surface area contributed by atoms with Gasteiger partial charge in [0.2, 0.25) is 0 Å². The molecule has 8 heteroatoms. The van der Waals surface area contributed by atoms with Crippen molar-refractivity contribution in [3.8, 4) is 0 Å². The van der Waals surface area contributed by atoms with Gasteiger partial charge in [-0.05, 0) is 37.0 Å². The third-order valence-electron chi connectivity index (χ3n) is 3.60. The van der Waals surface area contributed by atoms with Gasteiger partial charge in [0.1, 0.15) is 5.82 Å². The number of halogens is 1. The first kappa shape index (κ1) is 17.4. The van der Waals surface area contributed by atoms with Gasteiger partial charge < -0.3 is 10.1 Å². The smallest absolute Gasteiger partial charge is 0.306 e. The third-order valence-corrected chi connectivity index (χ3v) is 5.44. The summed E-state index contributed by atoms with van der Waals surface area (Å²) in [7, 11) is -3.04. The predicted molar refractivity (Wildman–Crippen MR) is 82.1 cm³/mol. The number of benzene rings is 1. The van der Waals surface area contributed by atoms with E-state index in [-0.39, 0.29) is 29.5 Å². The number of hydrogen-bond acceptors (Lipinski definition) is 5.